The number of nitrogens with zero attached hydrogens (tertiary/aromatic N) is 2. The van der Waals surface area contributed by atoms with Gasteiger partial charge in [-0.05, 0) is 26.2 Å². The number of aryl methyl sites for hydroxylation is 1. The molecule has 3 rings (SSSR count). The predicted octanol–water partition coefficient (Wildman–Crippen LogP) is 0.413. The third-order valence-electron chi connectivity index (χ3n) is 5.54. The molecule has 9 nitrogen and oxygen atoms in total. The molecule has 0 bridgehead atoms. The minimum atomic E-state index is -0.250. The minimum absolute atomic E-state index is 0.0289. The van der Waals surface area contributed by atoms with E-state index in [4.69, 9.17) is 4.74 Å². The summed E-state index contributed by atoms with van der Waals surface area (Å²) in [5.41, 5.74) is 0.906. The van der Waals surface area contributed by atoms with Gasteiger partial charge in [-0.25, -0.2) is 4.98 Å². The molecule has 9 heteroatoms. The van der Waals surface area contributed by atoms with E-state index in [2.05, 4.69) is 20.6 Å². The van der Waals surface area contributed by atoms with Gasteiger partial charge < -0.3 is 20.3 Å². The highest BCUT2D eigenvalue weighted by atomic mass is 16.5. The molecule has 1 aliphatic heterocycles. The van der Waals surface area contributed by atoms with Crippen molar-refractivity contribution in [2.75, 3.05) is 37.7 Å². The molecular formula is C20H31N5O4. The molecule has 0 aromatic carbocycles. The molecule has 1 saturated carbocycles. The molecule has 2 heterocycles. The lowest BCUT2D eigenvalue weighted by atomic mass is 9.95. The van der Waals surface area contributed by atoms with E-state index in [-0.39, 0.29) is 42.8 Å². The summed E-state index contributed by atoms with van der Waals surface area (Å²) in [5, 5.41) is 5.61. The summed E-state index contributed by atoms with van der Waals surface area (Å²) in [5.74, 6) is 0.138. The second-order valence-electron chi connectivity index (χ2n) is 7.73. The number of H-pyrrole nitrogens is 1. The van der Waals surface area contributed by atoms with Crippen molar-refractivity contribution in [3.8, 4) is 0 Å². The Hall–Kier alpha value is -2.42. The van der Waals surface area contributed by atoms with Crippen molar-refractivity contribution in [2.45, 2.75) is 57.9 Å². The molecule has 0 atom stereocenters. The van der Waals surface area contributed by atoms with Crippen molar-refractivity contribution in [1.29, 1.82) is 0 Å². The average Bonchev–Trinajstić information content (AvgIpc) is 2.73. The number of aromatic nitrogens is 2. The van der Waals surface area contributed by atoms with Crippen LogP contribution in [0.15, 0.2) is 4.79 Å². The Balaban J connectivity index is 1.45. The maximum atomic E-state index is 12.5. The monoisotopic (exact) mass is 405 g/mol. The molecule has 1 saturated heterocycles. The summed E-state index contributed by atoms with van der Waals surface area (Å²) >= 11 is 0. The first-order chi connectivity index (χ1) is 14.0. The highest BCUT2D eigenvalue weighted by Crippen LogP contribution is 2.17. The Labute approximate surface area is 170 Å². The zero-order valence-corrected chi connectivity index (χ0v) is 17.1. The summed E-state index contributed by atoms with van der Waals surface area (Å²) in [6.07, 6.45) is 5.95. The van der Waals surface area contributed by atoms with Crippen LogP contribution in [-0.2, 0) is 20.7 Å². The average molecular weight is 405 g/mol. The van der Waals surface area contributed by atoms with Crippen LogP contribution in [0.5, 0.6) is 0 Å². The van der Waals surface area contributed by atoms with Gasteiger partial charge in [-0.2, -0.15) is 0 Å². The number of ether oxygens (including phenoxy) is 1. The predicted molar refractivity (Wildman–Crippen MR) is 109 cm³/mol. The van der Waals surface area contributed by atoms with Gasteiger partial charge in [0.2, 0.25) is 17.8 Å². The van der Waals surface area contributed by atoms with E-state index >= 15 is 0 Å². The summed E-state index contributed by atoms with van der Waals surface area (Å²) < 4.78 is 5.32. The quantitative estimate of drug-likeness (QED) is 0.605. The zero-order chi connectivity index (χ0) is 20.6. The number of rotatable bonds is 7. The van der Waals surface area contributed by atoms with Crippen molar-refractivity contribution in [1.82, 2.24) is 20.6 Å². The lowest BCUT2D eigenvalue weighted by Gasteiger charge is -2.27. The number of nitrogens with one attached hydrogen (secondary N) is 3. The van der Waals surface area contributed by atoms with Crippen molar-refractivity contribution in [2.24, 2.45) is 0 Å². The van der Waals surface area contributed by atoms with Gasteiger partial charge in [-0.15, -0.1) is 0 Å². The van der Waals surface area contributed by atoms with Crippen molar-refractivity contribution >= 4 is 17.8 Å². The lowest BCUT2D eigenvalue weighted by molar-refractivity contribution is -0.126. The molecule has 1 aromatic rings. The molecule has 160 valence electrons. The molecule has 2 aliphatic rings. The molecule has 3 N–H and O–H groups in total. The molecule has 2 fully saturated rings. The SMILES string of the molecule is Cc1nc(N2CCOCC2)[nH]c(=O)c1CCC(=O)NCC(=O)NC1CCCCC1. The highest BCUT2D eigenvalue weighted by molar-refractivity contribution is 5.84. The topological polar surface area (TPSA) is 116 Å². The van der Waals surface area contributed by atoms with E-state index in [1.54, 1.807) is 6.92 Å². The number of hydrogen-bond acceptors (Lipinski definition) is 6. The van der Waals surface area contributed by atoms with Crippen LogP contribution in [0.2, 0.25) is 0 Å². The number of morpholine rings is 1. The van der Waals surface area contributed by atoms with E-state index in [1.807, 2.05) is 4.90 Å². The van der Waals surface area contributed by atoms with Crippen LogP contribution >= 0.6 is 0 Å². The second-order valence-corrected chi connectivity index (χ2v) is 7.73. The third-order valence-corrected chi connectivity index (χ3v) is 5.54. The van der Waals surface area contributed by atoms with Gasteiger partial charge in [-0.3, -0.25) is 19.4 Å². The van der Waals surface area contributed by atoms with Gasteiger partial charge >= 0.3 is 0 Å². The van der Waals surface area contributed by atoms with Gasteiger partial charge in [-0.1, -0.05) is 19.3 Å². The number of amides is 2. The Morgan fingerprint density at radius 2 is 1.90 bits per heavy atom. The Morgan fingerprint density at radius 1 is 1.17 bits per heavy atom. The summed E-state index contributed by atoms with van der Waals surface area (Å²) in [6, 6.07) is 0.227. The number of hydrogen-bond donors (Lipinski definition) is 3. The van der Waals surface area contributed by atoms with Crippen LogP contribution in [0.3, 0.4) is 0 Å². The van der Waals surface area contributed by atoms with E-state index in [0.29, 0.717) is 43.5 Å². The van der Waals surface area contributed by atoms with Crippen LogP contribution in [-0.4, -0.2) is 60.7 Å². The Kier molecular flexibility index (Phi) is 7.62. The van der Waals surface area contributed by atoms with E-state index < -0.39 is 0 Å². The Morgan fingerprint density at radius 3 is 2.59 bits per heavy atom. The highest BCUT2D eigenvalue weighted by Gasteiger charge is 2.18. The normalized spacial score (nSPS) is 17.8. The maximum absolute atomic E-state index is 12.5. The van der Waals surface area contributed by atoms with E-state index in [9.17, 15) is 14.4 Å². The molecule has 1 aromatic heterocycles. The maximum Gasteiger partial charge on any atom is 0.255 e. The zero-order valence-electron chi connectivity index (χ0n) is 17.1. The smallest absolute Gasteiger partial charge is 0.255 e. The summed E-state index contributed by atoms with van der Waals surface area (Å²) in [7, 11) is 0. The molecule has 1 aliphatic carbocycles. The Bertz CT molecular complexity index is 767. The van der Waals surface area contributed by atoms with Crippen LogP contribution in [0, 0.1) is 6.92 Å². The number of carbonyl (C=O) groups is 2. The van der Waals surface area contributed by atoms with Gasteiger partial charge in [0, 0.05) is 36.8 Å². The molecule has 0 radical (unpaired) electrons. The molecule has 29 heavy (non-hydrogen) atoms. The van der Waals surface area contributed by atoms with Crippen LogP contribution in [0.4, 0.5) is 5.95 Å². The first-order valence-electron chi connectivity index (χ1n) is 10.5. The summed E-state index contributed by atoms with van der Waals surface area (Å²) in [6.45, 7) is 4.35. The minimum Gasteiger partial charge on any atom is -0.378 e. The number of carbonyl (C=O) groups excluding carboxylic acids is 2. The third kappa shape index (κ3) is 6.28. The van der Waals surface area contributed by atoms with Gasteiger partial charge in [0.25, 0.3) is 5.56 Å². The standard InChI is InChI=1S/C20H31N5O4/c1-14-16(19(28)24-20(22-14)25-9-11-29-12-10-25)7-8-17(26)21-13-18(27)23-15-5-3-2-4-6-15/h15H,2-13H2,1H3,(H,21,26)(H,23,27)(H,22,24,28). The number of anilines is 1. The van der Waals surface area contributed by atoms with Gasteiger partial charge in [0.1, 0.15) is 0 Å². The lowest BCUT2D eigenvalue weighted by Crippen LogP contribution is -2.42. The fourth-order valence-corrected chi connectivity index (χ4v) is 3.85. The van der Waals surface area contributed by atoms with Crippen LogP contribution < -0.4 is 21.1 Å². The van der Waals surface area contributed by atoms with Crippen molar-refractivity contribution in [3.05, 3.63) is 21.6 Å². The fourth-order valence-electron chi connectivity index (χ4n) is 3.85. The van der Waals surface area contributed by atoms with Gasteiger partial charge in [0.05, 0.1) is 19.8 Å². The molecule has 0 spiro atoms. The second kappa shape index (κ2) is 10.4. The van der Waals surface area contributed by atoms with E-state index in [0.717, 1.165) is 25.7 Å². The van der Waals surface area contributed by atoms with Crippen molar-refractivity contribution in [3.63, 3.8) is 0 Å². The number of aromatic amines is 1. The fraction of sp³-hybridized carbons (Fsp3) is 0.700. The first-order valence-corrected chi connectivity index (χ1v) is 10.5. The summed E-state index contributed by atoms with van der Waals surface area (Å²) in [4.78, 5) is 45.8. The van der Waals surface area contributed by atoms with Crippen LogP contribution in [0.25, 0.3) is 0 Å². The molecular weight excluding hydrogens is 374 g/mol. The largest absolute Gasteiger partial charge is 0.378 e. The van der Waals surface area contributed by atoms with Gasteiger partial charge in [0.15, 0.2) is 0 Å². The van der Waals surface area contributed by atoms with Crippen LogP contribution in [0.1, 0.15) is 49.8 Å². The molecule has 2 amide bonds. The molecule has 0 unspecified atom stereocenters. The van der Waals surface area contributed by atoms with Crippen molar-refractivity contribution < 1.29 is 14.3 Å². The first kappa shape index (κ1) is 21.3. The van der Waals surface area contributed by atoms with E-state index in [1.165, 1.54) is 6.42 Å².